The minimum atomic E-state index is 0.426. The van der Waals surface area contributed by atoms with Gasteiger partial charge >= 0.3 is 0 Å². The number of rotatable bonds is 4. The lowest BCUT2D eigenvalue weighted by atomic mass is 10.0. The van der Waals surface area contributed by atoms with Crippen LogP contribution >= 0.6 is 0 Å². The minimum absolute atomic E-state index is 0.426. The Kier molecular flexibility index (Phi) is 4.43. The molecule has 1 aliphatic heterocycles. The van der Waals surface area contributed by atoms with Gasteiger partial charge in [-0.15, -0.1) is 0 Å². The topological polar surface area (TPSA) is 20.3 Å². The Morgan fingerprint density at radius 2 is 2.31 bits per heavy atom. The Bertz CT molecular complexity index is 167. The van der Waals surface area contributed by atoms with Gasteiger partial charge < -0.3 is 0 Å². The van der Waals surface area contributed by atoms with Gasteiger partial charge in [-0.05, 0) is 25.3 Å². The van der Waals surface area contributed by atoms with E-state index >= 15 is 0 Å². The van der Waals surface area contributed by atoms with Crippen molar-refractivity contribution in [2.75, 3.05) is 19.6 Å². The third-order valence-corrected chi connectivity index (χ3v) is 2.68. The number of hydrogen-bond acceptors (Lipinski definition) is 2. The summed E-state index contributed by atoms with van der Waals surface area (Å²) in [4.78, 5) is 13.5. The second-order valence-corrected chi connectivity index (χ2v) is 4.27. The van der Waals surface area contributed by atoms with Crippen LogP contribution in [0.15, 0.2) is 0 Å². The van der Waals surface area contributed by atoms with Crippen molar-refractivity contribution in [3.63, 3.8) is 0 Å². The van der Waals surface area contributed by atoms with Gasteiger partial charge in [0, 0.05) is 13.0 Å². The molecular weight excluding hydrogens is 162 g/mol. The molecule has 1 saturated heterocycles. The molecule has 0 bridgehead atoms. The number of carbonyl (C=O) groups excluding carboxylic acids is 1. The summed E-state index contributed by atoms with van der Waals surface area (Å²) in [5.41, 5.74) is 0. The Hall–Kier alpha value is -0.370. The molecule has 0 aromatic rings. The number of ketones is 1. The molecule has 0 amide bonds. The number of hydrogen-bond donors (Lipinski definition) is 0. The van der Waals surface area contributed by atoms with Gasteiger partial charge in [0.15, 0.2) is 0 Å². The van der Waals surface area contributed by atoms with Gasteiger partial charge in [-0.2, -0.15) is 0 Å². The molecule has 0 aromatic carbocycles. The fraction of sp³-hybridized carbons (Fsp3) is 0.909. The quantitative estimate of drug-likeness (QED) is 0.665. The molecule has 0 N–H and O–H groups in total. The molecule has 0 spiro atoms. The number of carbonyl (C=O) groups is 1. The Morgan fingerprint density at radius 3 is 2.92 bits per heavy atom. The van der Waals surface area contributed by atoms with E-state index in [1.807, 2.05) is 0 Å². The Morgan fingerprint density at radius 1 is 1.54 bits per heavy atom. The van der Waals surface area contributed by atoms with Crippen LogP contribution in [0.1, 0.15) is 39.5 Å². The van der Waals surface area contributed by atoms with Gasteiger partial charge in [-0.25, -0.2) is 0 Å². The van der Waals surface area contributed by atoms with Crippen LogP contribution in [0.25, 0.3) is 0 Å². The standard InChI is InChI=1S/C11H21NO/c1-3-5-10(2)8-12-7-4-6-11(13)9-12/h10H,3-9H2,1-2H3. The summed E-state index contributed by atoms with van der Waals surface area (Å²) in [5.74, 6) is 1.17. The van der Waals surface area contributed by atoms with Gasteiger partial charge in [0.1, 0.15) is 5.78 Å². The number of piperidine rings is 1. The van der Waals surface area contributed by atoms with E-state index in [1.54, 1.807) is 0 Å². The SMILES string of the molecule is CCCC(C)CN1CCCC(=O)C1. The van der Waals surface area contributed by atoms with Crippen molar-refractivity contribution < 1.29 is 4.79 Å². The average molecular weight is 183 g/mol. The van der Waals surface area contributed by atoms with Gasteiger partial charge in [0.05, 0.1) is 6.54 Å². The van der Waals surface area contributed by atoms with E-state index in [1.165, 1.54) is 12.8 Å². The highest BCUT2D eigenvalue weighted by atomic mass is 16.1. The second-order valence-electron chi connectivity index (χ2n) is 4.27. The Labute approximate surface area is 81.3 Å². The predicted octanol–water partition coefficient (Wildman–Crippen LogP) is 2.09. The highest BCUT2D eigenvalue weighted by molar-refractivity contribution is 5.81. The van der Waals surface area contributed by atoms with Crippen LogP contribution in [0.4, 0.5) is 0 Å². The molecule has 0 aromatic heterocycles. The molecule has 0 aliphatic carbocycles. The van der Waals surface area contributed by atoms with Crippen molar-refractivity contribution in [3.05, 3.63) is 0 Å². The molecule has 1 rings (SSSR count). The summed E-state index contributed by atoms with van der Waals surface area (Å²) in [5, 5.41) is 0. The van der Waals surface area contributed by atoms with Crippen molar-refractivity contribution in [1.82, 2.24) is 4.90 Å². The largest absolute Gasteiger partial charge is 0.298 e. The minimum Gasteiger partial charge on any atom is -0.298 e. The van der Waals surface area contributed by atoms with E-state index in [0.29, 0.717) is 12.3 Å². The first-order valence-electron chi connectivity index (χ1n) is 5.46. The molecule has 0 radical (unpaired) electrons. The van der Waals surface area contributed by atoms with Crippen LogP contribution in [0.5, 0.6) is 0 Å². The van der Waals surface area contributed by atoms with E-state index in [4.69, 9.17) is 0 Å². The molecule has 1 fully saturated rings. The summed E-state index contributed by atoms with van der Waals surface area (Å²) in [7, 11) is 0. The van der Waals surface area contributed by atoms with Crippen LogP contribution in [-0.2, 0) is 4.79 Å². The lowest BCUT2D eigenvalue weighted by Crippen LogP contribution is -2.38. The third kappa shape index (κ3) is 3.90. The molecule has 0 saturated carbocycles. The summed E-state index contributed by atoms with van der Waals surface area (Å²) in [6.07, 6.45) is 4.41. The van der Waals surface area contributed by atoms with E-state index in [9.17, 15) is 4.79 Å². The number of Topliss-reactive ketones (excluding diaryl/α,β-unsaturated/α-hetero) is 1. The van der Waals surface area contributed by atoms with Crippen molar-refractivity contribution in [3.8, 4) is 0 Å². The van der Waals surface area contributed by atoms with E-state index in [-0.39, 0.29) is 0 Å². The normalized spacial score (nSPS) is 21.8. The third-order valence-electron chi connectivity index (χ3n) is 2.68. The van der Waals surface area contributed by atoms with Crippen LogP contribution in [0.3, 0.4) is 0 Å². The van der Waals surface area contributed by atoms with Crippen LogP contribution in [0, 0.1) is 5.92 Å². The Balaban J connectivity index is 2.23. The first-order valence-corrected chi connectivity index (χ1v) is 5.46. The average Bonchev–Trinajstić information content (AvgIpc) is 2.04. The first-order chi connectivity index (χ1) is 6.22. The zero-order valence-electron chi connectivity index (χ0n) is 8.88. The number of likely N-dealkylation sites (tertiary alicyclic amines) is 1. The van der Waals surface area contributed by atoms with Gasteiger partial charge in [-0.1, -0.05) is 20.3 Å². The maximum Gasteiger partial charge on any atom is 0.146 e. The first kappa shape index (κ1) is 10.7. The molecule has 1 unspecified atom stereocenters. The number of nitrogens with zero attached hydrogens (tertiary/aromatic N) is 1. The molecule has 1 heterocycles. The molecule has 1 aliphatic rings. The van der Waals surface area contributed by atoms with E-state index in [0.717, 1.165) is 31.8 Å². The van der Waals surface area contributed by atoms with Gasteiger partial charge in [0.25, 0.3) is 0 Å². The summed E-state index contributed by atoms with van der Waals surface area (Å²) in [6, 6.07) is 0. The molecule has 76 valence electrons. The molecular formula is C11H21NO. The summed E-state index contributed by atoms with van der Waals surface area (Å²) in [6.45, 7) is 7.44. The monoisotopic (exact) mass is 183 g/mol. The fourth-order valence-electron chi connectivity index (χ4n) is 2.09. The smallest absolute Gasteiger partial charge is 0.146 e. The molecule has 2 nitrogen and oxygen atoms in total. The van der Waals surface area contributed by atoms with Crippen molar-refractivity contribution in [2.24, 2.45) is 5.92 Å². The maximum absolute atomic E-state index is 11.2. The van der Waals surface area contributed by atoms with Crippen LogP contribution in [0.2, 0.25) is 0 Å². The van der Waals surface area contributed by atoms with Crippen LogP contribution in [-0.4, -0.2) is 30.3 Å². The van der Waals surface area contributed by atoms with Gasteiger partial charge in [0.2, 0.25) is 0 Å². The molecule has 2 heteroatoms. The fourth-order valence-corrected chi connectivity index (χ4v) is 2.09. The zero-order chi connectivity index (χ0) is 9.68. The van der Waals surface area contributed by atoms with Gasteiger partial charge in [-0.3, -0.25) is 9.69 Å². The highest BCUT2D eigenvalue weighted by Crippen LogP contribution is 2.11. The maximum atomic E-state index is 11.2. The van der Waals surface area contributed by atoms with Crippen molar-refractivity contribution in [2.45, 2.75) is 39.5 Å². The second kappa shape index (κ2) is 5.38. The lowest BCUT2D eigenvalue weighted by molar-refractivity contribution is -0.122. The highest BCUT2D eigenvalue weighted by Gasteiger charge is 2.17. The lowest BCUT2D eigenvalue weighted by Gasteiger charge is -2.28. The van der Waals surface area contributed by atoms with E-state index in [2.05, 4.69) is 18.7 Å². The predicted molar refractivity (Wildman–Crippen MR) is 54.8 cm³/mol. The summed E-state index contributed by atoms with van der Waals surface area (Å²) >= 11 is 0. The zero-order valence-corrected chi connectivity index (χ0v) is 8.88. The van der Waals surface area contributed by atoms with Crippen molar-refractivity contribution in [1.29, 1.82) is 0 Å². The van der Waals surface area contributed by atoms with E-state index < -0.39 is 0 Å². The van der Waals surface area contributed by atoms with Crippen molar-refractivity contribution >= 4 is 5.78 Å². The molecule has 1 atom stereocenters. The molecule has 13 heavy (non-hydrogen) atoms. The van der Waals surface area contributed by atoms with Crippen LogP contribution < -0.4 is 0 Å². The summed E-state index contributed by atoms with van der Waals surface area (Å²) < 4.78 is 0.